The number of carbonyl (C=O) groups is 1. The van der Waals surface area contributed by atoms with Gasteiger partial charge in [0, 0.05) is 5.02 Å². The number of rotatable bonds is 4. The van der Waals surface area contributed by atoms with Crippen molar-refractivity contribution >= 4 is 17.5 Å². The normalized spacial score (nSPS) is 32.1. The summed E-state index contributed by atoms with van der Waals surface area (Å²) in [5.41, 5.74) is 1.17. The molecule has 1 amide bonds. The number of fused-ring (bicyclic) bond motifs is 2. The van der Waals surface area contributed by atoms with Crippen molar-refractivity contribution in [2.75, 3.05) is 0 Å². The van der Waals surface area contributed by atoms with Gasteiger partial charge in [0.1, 0.15) is 0 Å². The van der Waals surface area contributed by atoms with E-state index < -0.39 is 0 Å². The van der Waals surface area contributed by atoms with Crippen LogP contribution in [0.1, 0.15) is 43.7 Å². The molecule has 0 aromatic heterocycles. The molecule has 2 aliphatic heterocycles. The molecule has 4 heteroatoms. The summed E-state index contributed by atoms with van der Waals surface area (Å²) < 4.78 is 5.81. The second kappa shape index (κ2) is 5.29. The second-order valence-electron chi connectivity index (χ2n) is 6.59. The van der Waals surface area contributed by atoms with Gasteiger partial charge >= 0.3 is 0 Å². The van der Waals surface area contributed by atoms with Crippen molar-refractivity contribution in [2.45, 2.75) is 50.4 Å². The average Bonchev–Trinajstić information content (AvgIpc) is 3.11. The highest BCUT2D eigenvalue weighted by molar-refractivity contribution is 6.30. The lowest BCUT2D eigenvalue weighted by Crippen LogP contribution is -2.38. The third-order valence-electron chi connectivity index (χ3n) is 5.06. The van der Waals surface area contributed by atoms with E-state index in [0.29, 0.717) is 12.0 Å². The molecule has 4 rings (SSSR count). The van der Waals surface area contributed by atoms with Crippen molar-refractivity contribution in [3.8, 4) is 0 Å². The lowest BCUT2D eigenvalue weighted by molar-refractivity contribution is -0.127. The first-order valence-electron chi connectivity index (χ1n) is 7.92. The summed E-state index contributed by atoms with van der Waals surface area (Å²) >= 11 is 5.96. The van der Waals surface area contributed by atoms with Crippen molar-refractivity contribution in [3.05, 3.63) is 34.9 Å². The van der Waals surface area contributed by atoms with Gasteiger partial charge in [-0.1, -0.05) is 23.7 Å². The number of amides is 1. The van der Waals surface area contributed by atoms with Gasteiger partial charge in [-0.2, -0.15) is 0 Å². The minimum absolute atomic E-state index is 0.0531. The zero-order valence-electron chi connectivity index (χ0n) is 11.9. The van der Waals surface area contributed by atoms with Crippen LogP contribution < -0.4 is 5.32 Å². The number of halogens is 1. The Kier molecular flexibility index (Phi) is 3.43. The zero-order chi connectivity index (χ0) is 14.4. The van der Waals surface area contributed by atoms with E-state index >= 15 is 0 Å². The van der Waals surface area contributed by atoms with E-state index in [1.165, 1.54) is 18.4 Å². The van der Waals surface area contributed by atoms with Crippen LogP contribution in [-0.4, -0.2) is 18.1 Å². The number of hydrogen-bond donors (Lipinski definition) is 1. The molecular formula is C17H20ClNO2. The van der Waals surface area contributed by atoms with Crippen LogP contribution in [0.15, 0.2) is 24.3 Å². The van der Waals surface area contributed by atoms with Gasteiger partial charge in [-0.15, -0.1) is 0 Å². The fourth-order valence-electron chi connectivity index (χ4n) is 3.75. The molecule has 4 atom stereocenters. The molecule has 2 saturated heterocycles. The fraction of sp³-hybridized carbons (Fsp3) is 0.588. The van der Waals surface area contributed by atoms with Crippen molar-refractivity contribution in [3.63, 3.8) is 0 Å². The van der Waals surface area contributed by atoms with Crippen molar-refractivity contribution < 1.29 is 9.53 Å². The average molecular weight is 306 g/mol. The quantitative estimate of drug-likeness (QED) is 0.925. The molecule has 0 radical (unpaired) electrons. The molecule has 1 N–H and O–H groups in total. The number of benzene rings is 1. The maximum atomic E-state index is 12.6. The second-order valence-corrected chi connectivity index (χ2v) is 7.03. The maximum Gasteiger partial charge on any atom is 0.226 e. The van der Waals surface area contributed by atoms with Gasteiger partial charge in [0.05, 0.1) is 24.2 Å². The summed E-state index contributed by atoms with van der Waals surface area (Å²) in [6.45, 7) is 0. The van der Waals surface area contributed by atoms with Gasteiger partial charge in [-0.05, 0) is 55.7 Å². The maximum absolute atomic E-state index is 12.6. The number of nitrogens with one attached hydrogen (secondary N) is 1. The molecule has 1 aromatic rings. The van der Waals surface area contributed by atoms with Gasteiger partial charge < -0.3 is 10.1 Å². The van der Waals surface area contributed by atoms with Gasteiger partial charge in [0.15, 0.2) is 0 Å². The van der Waals surface area contributed by atoms with Crippen LogP contribution >= 0.6 is 11.6 Å². The molecule has 0 spiro atoms. The Hall–Kier alpha value is -1.06. The lowest BCUT2D eigenvalue weighted by Gasteiger charge is -2.24. The zero-order valence-corrected chi connectivity index (χ0v) is 12.7. The predicted molar refractivity (Wildman–Crippen MR) is 81.1 cm³/mol. The molecule has 2 bridgehead atoms. The molecule has 3 aliphatic rings. The van der Waals surface area contributed by atoms with Crippen LogP contribution in [0.5, 0.6) is 0 Å². The van der Waals surface area contributed by atoms with Gasteiger partial charge in [0.25, 0.3) is 0 Å². The Bertz CT molecular complexity index is 540. The minimum atomic E-state index is 0.0531. The summed E-state index contributed by atoms with van der Waals surface area (Å²) in [6, 6.07) is 8.00. The van der Waals surface area contributed by atoms with E-state index in [0.717, 1.165) is 24.3 Å². The Morgan fingerprint density at radius 1 is 1.19 bits per heavy atom. The van der Waals surface area contributed by atoms with Crippen LogP contribution in [0.3, 0.4) is 0 Å². The van der Waals surface area contributed by atoms with Crippen LogP contribution in [0.25, 0.3) is 0 Å². The Labute approximate surface area is 130 Å². The topological polar surface area (TPSA) is 38.3 Å². The van der Waals surface area contributed by atoms with Crippen LogP contribution in [-0.2, 0) is 9.53 Å². The van der Waals surface area contributed by atoms with Crippen LogP contribution in [0.4, 0.5) is 0 Å². The number of ether oxygens (including phenoxy) is 1. The summed E-state index contributed by atoms with van der Waals surface area (Å²) in [5.74, 6) is 0.806. The standard InChI is InChI=1S/C17H20ClNO2/c18-12-5-3-11(4-6-12)16(10-1-2-10)19-17(20)14-9-13-7-8-15(14)21-13/h3-6,10,13-16H,1-2,7-9H2,(H,19,20). The van der Waals surface area contributed by atoms with E-state index in [2.05, 4.69) is 5.32 Å². The summed E-state index contributed by atoms with van der Waals surface area (Å²) in [5, 5.41) is 4.02. The van der Waals surface area contributed by atoms with Gasteiger partial charge in [-0.3, -0.25) is 4.79 Å². The molecule has 2 heterocycles. The molecule has 3 nitrogen and oxygen atoms in total. The third-order valence-corrected chi connectivity index (χ3v) is 5.32. The predicted octanol–water partition coefficient (Wildman–Crippen LogP) is 3.47. The third kappa shape index (κ3) is 2.69. The number of carbonyl (C=O) groups excluding carboxylic acids is 1. The van der Waals surface area contributed by atoms with E-state index in [9.17, 15) is 4.79 Å². The molecule has 4 unspecified atom stereocenters. The molecule has 21 heavy (non-hydrogen) atoms. The first-order chi connectivity index (χ1) is 10.2. The molecule has 3 fully saturated rings. The number of hydrogen-bond acceptors (Lipinski definition) is 2. The summed E-state index contributed by atoms with van der Waals surface area (Å²) in [4.78, 5) is 12.6. The first-order valence-corrected chi connectivity index (χ1v) is 8.30. The fourth-order valence-corrected chi connectivity index (χ4v) is 3.87. The van der Waals surface area contributed by atoms with E-state index in [1.54, 1.807) is 0 Å². The highest BCUT2D eigenvalue weighted by Gasteiger charge is 2.45. The van der Waals surface area contributed by atoms with E-state index in [-0.39, 0.29) is 24.0 Å². The van der Waals surface area contributed by atoms with Crippen molar-refractivity contribution in [1.82, 2.24) is 5.32 Å². The monoisotopic (exact) mass is 305 g/mol. The van der Waals surface area contributed by atoms with Gasteiger partial charge in [0.2, 0.25) is 5.91 Å². The molecule has 112 valence electrons. The van der Waals surface area contributed by atoms with Crippen molar-refractivity contribution in [1.29, 1.82) is 0 Å². The lowest BCUT2D eigenvalue weighted by atomic mass is 9.88. The molecule has 1 aliphatic carbocycles. The smallest absolute Gasteiger partial charge is 0.226 e. The van der Waals surface area contributed by atoms with Crippen molar-refractivity contribution in [2.24, 2.45) is 11.8 Å². The SMILES string of the molecule is O=C(NC(c1ccc(Cl)cc1)C1CC1)C1CC2CCC1O2. The first kappa shape index (κ1) is 13.6. The van der Waals surface area contributed by atoms with Crippen LogP contribution in [0.2, 0.25) is 5.02 Å². The molecule has 1 aromatic carbocycles. The van der Waals surface area contributed by atoms with E-state index in [4.69, 9.17) is 16.3 Å². The largest absolute Gasteiger partial charge is 0.374 e. The van der Waals surface area contributed by atoms with Crippen LogP contribution in [0, 0.1) is 11.8 Å². The van der Waals surface area contributed by atoms with E-state index in [1.807, 2.05) is 24.3 Å². The molecular weight excluding hydrogens is 286 g/mol. The summed E-state index contributed by atoms with van der Waals surface area (Å²) in [7, 11) is 0. The molecule has 1 saturated carbocycles. The Balaban J connectivity index is 1.47. The highest BCUT2D eigenvalue weighted by Crippen LogP contribution is 2.43. The minimum Gasteiger partial charge on any atom is -0.374 e. The Morgan fingerprint density at radius 3 is 2.52 bits per heavy atom. The highest BCUT2D eigenvalue weighted by atomic mass is 35.5. The summed E-state index contributed by atoms with van der Waals surface area (Å²) in [6.07, 6.45) is 5.92. The Morgan fingerprint density at radius 2 is 1.95 bits per heavy atom. The van der Waals surface area contributed by atoms with Gasteiger partial charge in [-0.25, -0.2) is 0 Å².